The fourth-order valence-corrected chi connectivity index (χ4v) is 1.36. The molecule has 0 unspecified atom stereocenters. The molecule has 0 radical (unpaired) electrons. The Labute approximate surface area is 67.1 Å². The predicted molar refractivity (Wildman–Crippen MR) is 47.5 cm³/mol. The van der Waals surface area contributed by atoms with Gasteiger partial charge in [0.15, 0.2) is 0 Å². The Kier molecular flexibility index (Phi) is 3.03. The van der Waals surface area contributed by atoms with Crippen molar-refractivity contribution >= 4 is 11.3 Å². The van der Waals surface area contributed by atoms with Crippen LogP contribution in [0.2, 0.25) is 0 Å². The maximum absolute atomic E-state index is 4.21. The van der Waals surface area contributed by atoms with E-state index in [1.807, 2.05) is 5.51 Å². The molecule has 1 heterocycles. The Bertz CT molecular complexity index is 172. The third kappa shape index (κ3) is 2.10. The molecule has 10 heavy (non-hydrogen) atoms. The molecule has 2 heteroatoms. The van der Waals surface area contributed by atoms with Crippen molar-refractivity contribution in [3.05, 3.63) is 16.6 Å². The molecule has 0 amide bonds. The van der Waals surface area contributed by atoms with Crippen molar-refractivity contribution in [2.45, 2.75) is 33.6 Å². The van der Waals surface area contributed by atoms with Crippen molar-refractivity contribution in [1.29, 1.82) is 0 Å². The molecule has 0 aliphatic rings. The predicted octanol–water partition coefficient (Wildman–Crippen LogP) is 3.08. The van der Waals surface area contributed by atoms with E-state index >= 15 is 0 Å². The first-order valence-corrected chi connectivity index (χ1v) is 3.93. The molecule has 0 aromatic carbocycles. The molecular weight excluding hydrogens is 142 g/mol. The molecule has 58 valence electrons. The van der Waals surface area contributed by atoms with Gasteiger partial charge in [-0.1, -0.05) is 28.2 Å². The van der Waals surface area contributed by atoms with Gasteiger partial charge in [-0.3, -0.25) is 0 Å². The molecule has 0 fully saturated rings. The van der Waals surface area contributed by atoms with Crippen molar-refractivity contribution in [3.63, 3.8) is 0 Å². The minimum Gasteiger partial charge on any atom is -0.249 e. The van der Waals surface area contributed by atoms with Gasteiger partial charge in [0.2, 0.25) is 0 Å². The number of nitrogens with zero attached hydrogens (tertiary/aromatic N) is 1. The molecule has 0 aliphatic heterocycles. The average molecular weight is 157 g/mol. The summed E-state index contributed by atoms with van der Waals surface area (Å²) in [5, 5.41) is 2.10. The summed E-state index contributed by atoms with van der Waals surface area (Å²) in [6.07, 6.45) is 0. The molecule has 0 aliphatic carbocycles. The summed E-state index contributed by atoms with van der Waals surface area (Å²) >= 11 is 1.66. The molecule has 0 bridgehead atoms. The Hall–Kier alpha value is -0.370. The van der Waals surface area contributed by atoms with Crippen molar-refractivity contribution < 1.29 is 0 Å². The Morgan fingerprint density at radius 2 is 2.00 bits per heavy atom. The lowest BCUT2D eigenvalue weighted by Crippen LogP contribution is -2.10. The van der Waals surface area contributed by atoms with Gasteiger partial charge in [-0.05, 0) is 0 Å². The number of thiazole rings is 1. The second kappa shape index (κ2) is 3.15. The summed E-state index contributed by atoms with van der Waals surface area (Å²) in [6.45, 7) is 6.51. The summed E-state index contributed by atoms with van der Waals surface area (Å²) in [5.74, 6) is 0. The zero-order valence-corrected chi connectivity index (χ0v) is 6.83. The van der Waals surface area contributed by atoms with Crippen LogP contribution in [0.15, 0.2) is 10.9 Å². The first kappa shape index (κ1) is 9.63. The van der Waals surface area contributed by atoms with Crippen LogP contribution in [0, 0.1) is 0 Å². The lowest BCUT2D eigenvalue weighted by molar-refractivity contribution is 0.573. The third-order valence-electron chi connectivity index (χ3n) is 1.20. The van der Waals surface area contributed by atoms with E-state index in [0.717, 1.165) is 0 Å². The molecule has 1 aromatic rings. The van der Waals surface area contributed by atoms with Crippen LogP contribution in [0.5, 0.6) is 0 Å². The molecule has 0 saturated carbocycles. The van der Waals surface area contributed by atoms with Gasteiger partial charge in [0.05, 0.1) is 11.2 Å². The van der Waals surface area contributed by atoms with Crippen LogP contribution in [0.1, 0.15) is 33.9 Å². The lowest BCUT2D eigenvalue weighted by Gasteiger charge is -2.13. The first-order chi connectivity index (χ1) is 4.11. The maximum atomic E-state index is 4.21. The number of hydrogen-bond acceptors (Lipinski definition) is 2. The van der Waals surface area contributed by atoms with Crippen LogP contribution in [0.3, 0.4) is 0 Å². The normalized spacial score (nSPS) is 10.7. The highest BCUT2D eigenvalue weighted by Crippen LogP contribution is 2.20. The smallest absolute Gasteiger partial charge is 0.0794 e. The summed E-state index contributed by atoms with van der Waals surface area (Å²) in [7, 11) is 0. The van der Waals surface area contributed by atoms with Crippen LogP contribution in [0.4, 0.5) is 0 Å². The molecule has 1 rings (SSSR count). The average Bonchev–Trinajstić information content (AvgIpc) is 2.08. The van der Waals surface area contributed by atoms with Crippen molar-refractivity contribution in [2.75, 3.05) is 0 Å². The largest absolute Gasteiger partial charge is 0.249 e. The zero-order chi connectivity index (χ0) is 6.91. The van der Waals surface area contributed by atoms with Gasteiger partial charge in [-0.15, -0.1) is 11.3 Å². The van der Waals surface area contributed by atoms with E-state index in [2.05, 4.69) is 31.1 Å². The highest BCUT2D eigenvalue weighted by molar-refractivity contribution is 7.07. The first-order valence-electron chi connectivity index (χ1n) is 2.99. The molecule has 1 aromatic heterocycles. The number of aromatic nitrogens is 1. The van der Waals surface area contributed by atoms with E-state index in [0.29, 0.717) is 0 Å². The summed E-state index contributed by atoms with van der Waals surface area (Å²) < 4.78 is 0. The van der Waals surface area contributed by atoms with Gasteiger partial charge < -0.3 is 0 Å². The fraction of sp³-hybridized carbons (Fsp3) is 0.625. The fourth-order valence-electron chi connectivity index (χ4n) is 0.583. The Balaban J connectivity index is 0.000000810. The summed E-state index contributed by atoms with van der Waals surface area (Å²) in [5.41, 5.74) is 3.29. The minimum atomic E-state index is 0. The topological polar surface area (TPSA) is 12.9 Å². The third-order valence-corrected chi connectivity index (χ3v) is 1.79. The highest BCUT2D eigenvalue weighted by atomic mass is 32.1. The van der Waals surface area contributed by atoms with Gasteiger partial charge in [-0.2, -0.15) is 0 Å². The van der Waals surface area contributed by atoms with Gasteiger partial charge in [0.1, 0.15) is 0 Å². The van der Waals surface area contributed by atoms with Crippen LogP contribution in [-0.2, 0) is 5.41 Å². The minimum absolute atomic E-state index is 0. The van der Waals surface area contributed by atoms with Crippen LogP contribution in [-0.4, -0.2) is 4.98 Å². The second-order valence-electron chi connectivity index (χ2n) is 3.12. The zero-order valence-electron chi connectivity index (χ0n) is 6.01. The standard InChI is InChI=1S/C7H11NS.CH4/c1-7(2,3)6-4-9-5-8-6;/h4-5H,1-3H3;1H4. The maximum Gasteiger partial charge on any atom is 0.0794 e. The molecule has 0 spiro atoms. The molecular formula is C8H15NS. The molecule has 1 nitrogen and oxygen atoms in total. The van der Waals surface area contributed by atoms with E-state index in [4.69, 9.17) is 0 Å². The summed E-state index contributed by atoms with van der Waals surface area (Å²) in [6, 6.07) is 0. The Morgan fingerprint density at radius 1 is 1.40 bits per heavy atom. The van der Waals surface area contributed by atoms with E-state index < -0.39 is 0 Å². The van der Waals surface area contributed by atoms with E-state index in [1.165, 1.54) is 5.69 Å². The van der Waals surface area contributed by atoms with Gasteiger partial charge in [0.25, 0.3) is 0 Å². The quantitative estimate of drug-likeness (QED) is 0.564. The summed E-state index contributed by atoms with van der Waals surface area (Å²) in [4.78, 5) is 4.21. The second-order valence-corrected chi connectivity index (χ2v) is 3.84. The van der Waals surface area contributed by atoms with Crippen LogP contribution in [0.25, 0.3) is 0 Å². The van der Waals surface area contributed by atoms with Gasteiger partial charge in [0, 0.05) is 10.8 Å². The molecule has 0 saturated heterocycles. The molecule has 0 atom stereocenters. The van der Waals surface area contributed by atoms with Gasteiger partial charge >= 0.3 is 0 Å². The monoisotopic (exact) mass is 157 g/mol. The van der Waals surface area contributed by atoms with E-state index in [1.54, 1.807) is 11.3 Å². The SMILES string of the molecule is C.CC(C)(C)c1cscn1. The lowest BCUT2D eigenvalue weighted by atomic mass is 9.93. The van der Waals surface area contributed by atoms with Crippen molar-refractivity contribution in [2.24, 2.45) is 0 Å². The number of rotatable bonds is 0. The van der Waals surface area contributed by atoms with Crippen molar-refractivity contribution in [1.82, 2.24) is 4.98 Å². The van der Waals surface area contributed by atoms with Gasteiger partial charge in [-0.25, -0.2) is 4.98 Å². The van der Waals surface area contributed by atoms with E-state index in [-0.39, 0.29) is 12.8 Å². The molecule has 0 N–H and O–H groups in total. The van der Waals surface area contributed by atoms with Crippen LogP contribution < -0.4 is 0 Å². The van der Waals surface area contributed by atoms with Crippen LogP contribution >= 0.6 is 11.3 Å². The number of hydrogen-bond donors (Lipinski definition) is 0. The highest BCUT2D eigenvalue weighted by Gasteiger charge is 2.14. The van der Waals surface area contributed by atoms with E-state index in [9.17, 15) is 0 Å². The van der Waals surface area contributed by atoms with Crippen molar-refractivity contribution in [3.8, 4) is 0 Å². The Morgan fingerprint density at radius 3 is 2.20 bits per heavy atom.